The van der Waals surface area contributed by atoms with Crippen LogP contribution in [0.5, 0.6) is 0 Å². The highest BCUT2D eigenvalue weighted by atomic mass is 79.9. The number of ether oxygens (including phenoxy) is 3. The number of aldehydes is 1. The number of Topliss-reactive ketones (excluding diaryl/α,β-unsaturated/α-hetero) is 1. The SMILES string of the molecule is C=CCOC(C)C(=O)OCC1CC(Br)CC2C(=O)C(C=O)=COC12. The van der Waals surface area contributed by atoms with E-state index in [2.05, 4.69) is 22.5 Å². The maximum Gasteiger partial charge on any atom is 0.334 e. The normalized spacial score (nSPS) is 30.4. The summed E-state index contributed by atoms with van der Waals surface area (Å²) < 4.78 is 16.2. The van der Waals surface area contributed by atoms with Crippen molar-refractivity contribution >= 4 is 34.0 Å². The topological polar surface area (TPSA) is 78.9 Å². The minimum atomic E-state index is -0.683. The van der Waals surface area contributed by atoms with E-state index in [-0.39, 0.29) is 41.4 Å². The van der Waals surface area contributed by atoms with Crippen LogP contribution in [0.3, 0.4) is 0 Å². The smallest absolute Gasteiger partial charge is 0.334 e. The van der Waals surface area contributed by atoms with Gasteiger partial charge in [0.05, 0.1) is 31.0 Å². The number of ketones is 1. The largest absolute Gasteiger partial charge is 0.496 e. The zero-order chi connectivity index (χ0) is 17.7. The Hall–Kier alpha value is -1.47. The molecule has 0 radical (unpaired) electrons. The molecule has 2 rings (SSSR count). The predicted molar refractivity (Wildman–Crippen MR) is 89.5 cm³/mol. The number of carbonyl (C=O) groups is 3. The molecule has 24 heavy (non-hydrogen) atoms. The average Bonchev–Trinajstić information content (AvgIpc) is 2.58. The molecule has 1 aliphatic heterocycles. The molecule has 1 fully saturated rings. The first-order valence-corrected chi connectivity index (χ1v) is 8.77. The summed E-state index contributed by atoms with van der Waals surface area (Å²) in [4.78, 5) is 35.3. The van der Waals surface area contributed by atoms with Crippen molar-refractivity contribution in [3.05, 3.63) is 24.5 Å². The molecule has 5 unspecified atom stereocenters. The van der Waals surface area contributed by atoms with Crippen molar-refractivity contribution in [3.8, 4) is 0 Å². The second-order valence-corrected chi connectivity index (χ2v) is 7.28. The van der Waals surface area contributed by atoms with Crippen LogP contribution in [0.2, 0.25) is 0 Å². The molecule has 0 amide bonds. The Morgan fingerprint density at radius 3 is 2.96 bits per heavy atom. The quantitative estimate of drug-likeness (QED) is 0.213. The summed E-state index contributed by atoms with van der Waals surface area (Å²) >= 11 is 3.54. The summed E-state index contributed by atoms with van der Waals surface area (Å²) in [5, 5.41) is 0. The number of hydrogen-bond donors (Lipinski definition) is 0. The molecule has 6 nitrogen and oxygen atoms in total. The van der Waals surface area contributed by atoms with E-state index in [0.717, 1.165) is 0 Å². The van der Waals surface area contributed by atoms with Gasteiger partial charge in [0.15, 0.2) is 18.2 Å². The molecular weight excluding hydrogens is 380 g/mol. The van der Waals surface area contributed by atoms with Crippen LogP contribution in [0.1, 0.15) is 19.8 Å². The number of halogens is 1. The monoisotopic (exact) mass is 400 g/mol. The molecule has 1 saturated carbocycles. The second-order valence-electron chi connectivity index (χ2n) is 5.99. The number of allylic oxidation sites excluding steroid dienone is 1. The van der Waals surface area contributed by atoms with Crippen LogP contribution >= 0.6 is 15.9 Å². The number of esters is 1. The Morgan fingerprint density at radius 2 is 2.29 bits per heavy atom. The van der Waals surface area contributed by atoms with Crippen LogP contribution in [0.4, 0.5) is 0 Å². The minimum Gasteiger partial charge on any atom is -0.496 e. The summed E-state index contributed by atoms with van der Waals surface area (Å²) in [6.45, 7) is 5.55. The van der Waals surface area contributed by atoms with Gasteiger partial charge in [0, 0.05) is 10.7 Å². The maximum absolute atomic E-state index is 12.3. The van der Waals surface area contributed by atoms with E-state index in [1.807, 2.05) is 0 Å². The van der Waals surface area contributed by atoms with Gasteiger partial charge in [-0.1, -0.05) is 22.0 Å². The van der Waals surface area contributed by atoms with Crippen molar-refractivity contribution < 1.29 is 28.6 Å². The van der Waals surface area contributed by atoms with Gasteiger partial charge in [-0.15, -0.1) is 6.58 Å². The Labute approximate surface area is 149 Å². The van der Waals surface area contributed by atoms with E-state index >= 15 is 0 Å². The average molecular weight is 401 g/mol. The van der Waals surface area contributed by atoms with Crippen LogP contribution in [-0.4, -0.2) is 48.3 Å². The van der Waals surface area contributed by atoms with E-state index < -0.39 is 18.0 Å². The first-order valence-electron chi connectivity index (χ1n) is 7.86. The lowest BCUT2D eigenvalue weighted by Crippen LogP contribution is -2.47. The van der Waals surface area contributed by atoms with E-state index in [4.69, 9.17) is 14.2 Å². The van der Waals surface area contributed by atoms with Gasteiger partial charge in [0.1, 0.15) is 6.10 Å². The molecule has 5 atom stereocenters. The number of rotatable bonds is 7. The van der Waals surface area contributed by atoms with Crippen molar-refractivity contribution in [2.75, 3.05) is 13.2 Å². The highest BCUT2D eigenvalue weighted by molar-refractivity contribution is 9.09. The van der Waals surface area contributed by atoms with Crippen LogP contribution < -0.4 is 0 Å². The van der Waals surface area contributed by atoms with Gasteiger partial charge in [0.2, 0.25) is 0 Å². The highest BCUT2D eigenvalue weighted by Crippen LogP contribution is 2.39. The van der Waals surface area contributed by atoms with Crippen molar-refractivity contribution in [2.45, 2.75) is 36.8 Å². The van der Waals surface area contributed by atoms with Gasteiger partial charge in [-0.05, 0) is 19.8 Å². The third kappa shape index (κ3) is 4.33. The molecule has 0 spiro atoms. The minimum absolute atomic E-state index is 0.0556. The Balaban J connectivity index is 1.98. The van der Waals surface area contributed by atoms with Crippen LogP contribution in [0.25, 0.3) is 0 Å². The lowest BCUT2D eigenvalue weighted by molar-refractivity contribution is -0.159. The first kappa shape index (κ1) is 18.9. The summed E-state index contributed by atoms with van der Waals surface area (Å²) in [5.41, 5.74) is 0.0556. The highest BCUT2D eigenvalue weighted by Gasteiger charge is 2.45. The Bertz CT molecular complexity index is 543. The number of hydrogen-bond acceptors (Lipinski definition) is 6. The zero-order valence-electron chi connectivity index (χ0n) is 13.5. The zero-order valence-corrected chi connectivity index (χ0v) is 15.1. The molecule has 0 aromatic heterocycles. The van der Waals surface area contributed by atoms with Gasteiger partial charge in [-0.2, -0.15) is 0 Å². The summed E-state index contributed by atoms with van der Waals surface area (Å²) in [7, 11) is 0. The summed E-state index contributed by atoms with van der Waals surface area (Å²) in [5.74, 6) is -1.19. The van der Waals surface area contributed by atoms with Gasteiger partial charge in [0.25, 0.3) is 0 Å². The molecular formula is C17H21BrO6. The number of alkyl halides is 1. The molecule has 132 valence electrons. The van der Waals surface area contributed by atoms with Crippen molar-refractivity contribution in [3.63, 3.8) is 0 Å². The van der Waals surface area contributed by atoms with Gasteiger partial charge in [-0.3, -0.25) is 9.59 Å². The van der Waals surface area contributed by atoms with E-state index in [1.165, 1.54) is 6.26 Å². The Kier molecular flexibility index (Phi) is 6.74. The van der Waals surface area contributed by atoms with Gasteiger partial charge in [-0.25, -0.2) is 4.79 Å². The molecule has 0 saturated heterocycles. The second kappa shape index (κ2) is 8.58. The van der Waals surface area contributed by atoms with E-state index in [9.17, 15) is 14.4 Å². The fourth-order valence-corrected chi connectivity index (χ4v) is 3.90. The predicted octanol–water partition coefficient (Wildman–Crippen LogP) is 1.96. The summed E-state index contributed by atoms with van der Waals surface area (Å²) in [6.07, 6.45) is 3.54. The fraction of sp³-hybridized carbons (Fsp3) is 0.588. The van der Waals surface area contributed by atoms with Crippen molar-refractivity contribution in [1.82, 2.24) is 0 Å². The number of carbonyl (C=O) groups excluding carboxylic acids is 3. The number of fused-ring (bicyclic) bond motifs is 1. The standard InChI is InChI=1S/C17H21BrO6/c1-3-4-22-10(2)17(21)24-8-11-5-13(18)6-14-15(20)12(7-19)9-23-16(11)14/h3,7,9-11,13-14,16H,1,4-6,8H2,2H3. The van der Waals surface area contributed by atoms with Crippen LogP contribution in [0, 0.1) is 11.8 Å². The lowest BCUT2D eigenvalue weighted by atomic mass is 9.74. The van der Waals surface area contributed by atoms with Crippen LogP contribution in [-0.2, 0) is 28.6 Å². The first-order chi connectivity index (χ1) is 11.5. The maximum atomic E-state index is 12.3. The van der Waals surface area contributed by atoms with E-state index in [1.54, 1.807) is 13.0 Å². The van der Waals surface area contributed by atoms with E-state index in [0.29, 0.717) is 19.1 Å². The fourth-order valence-electron chi connectivity index (χ4n) is 3.02. The lowest BCUT2D eigenvalue weighted by Gasteiger charge is -2.40. The van der Waals surface area contributed by atoms with Crippen LogP contribution in [0.15, 0.2) is 24.5 Å². The van der Waals surface area contributed by atoms with Gasteiger partial charge >= 0.3 is 5.97 Å². The van der Waals surface area contributed by atoms with Crippen molar-refractivity contribution in [1.29, 1.82) is 0 Å². The molecule has 7 heteroatoms. The third-order valence-corrected chi connectivity index (χ3v) is 5.01. The van der Waals surface area contributed by atoms with Crippen molar-refractivity contribution in [2.24, 2.45) is 11.8 Å². The molecule has 1 heterocycles. The molecule has 1 aliphatic carbocycles. The molecule has 2 aliphatic rings. The molecule has 0 aromatic rings. The molecule has 0 bridgehead atoms. The van der Waals surface area contributed by atoms with Gasteiger partial charge < -0.3 is 14.2 Å². The molecule has 0 N–H and O–H groups in total. The summed E-state index contributed by atoms with van der Waals surface area (Å²) in [6, 6.07) is 0. The Morgan fingerprint density at radius 1 is 1.54 bits per heavy atom. The third-order valence-electron chi connectivity index (χ3n) is 4.27. The molecule has 0 aromatic carbocycles.